The lowest BCUT2D eigenvalue weighted by molar-refractivity contribution is -0.113. The summed E-state index contributed by atoms with van der Waals surface area (Å²) in [7, 11) is 0. The van der Waals surface area contributed by atoms with Gasteiger partial charge in [0.2, 0.25) is 11.8 Å². The summed E-state index contributed by atoms with van der Waals surface area (Å²) >= 11 is 2.35. The number of nitrogens with zero attached hydrogens (tertiary/aromatic N) is 3. The van der Waals surface area contributed by atoms with E-state index in [-0.39, 0.29) is 11.7 Å². The standard InChI is InChI=1S/C16H12F2N4O2S2/c17-10-4-3-9(5-11(10)18)12-6-25-15(19-12)20-13(23)7-26-16-22-21-14(24-16)8-1-2-8/h3-6,8H,1-2,7H2,(H,19,20,23). The quantitative estimate of drug-likeness (QED) is 0.635. The highest BCUT2D eigenvalue weighted by Gasteiger charge is 2.29. The van der Waals surface area contributed by atoms with Crippen molar-refractivity contribution in [3.05, 3.63) is 41.1 Å². The summed E-state index contributed by atoms with van der Waals surface area (Å²) in [6, 6.07) is 3.54. The van der Waals surface area contributed by atoms with Crippen LogP contribution in [-0.2, 0) is 4.79 Å². The van der Waals surface area contributed by atoms with Gasteiger partial charge in [0.15, 0.2) is 16.8 Å². The van der Waals surface area contributed by atoms with Gasteiger partial charge < -0.3 is 9.73 Å². The molecular formula is C16H12F2N4O2S2. The molecule has 1 aromatic carbocycles. The van der Waals surface area contributed by atoms with Crippen LogP contribution in [0.4, 0.5) is 13.9 Å². The van der Waals surface area contributed by atoms with Crippen molar-refractivity contribution >= 4 is 34.1 Å². The van der Waals surface area contributed by atoms with E-state index in [1.54, 1.807) is 5.38 Å². The Hall–Kier alpha value is -2.33. The van der Waals surface area contributed by atoms with Gasteiger partial charge in [-0.2, -0.15) is 0 Å². The molecule has 0 bridgehead atoms. The zero-order chi connectivity index (χ0) is 18.1. The topological polar surface area (TPSA) is 80.9 Å². The van der Waals surface area contributed by atoms with Crippen molar-refractivity contribution in [2.45, 2.75) is 24.0 Å². The maximum Gasteiger partial charge on any atom is 0.277 e. The van der Waals surface area contributed by atoms with Crippen LogP contribution in [0, 0.1) is 11.6 Å². The van der Waals surface area contributed by atoms with Crippen LogP contribution >= 0.6 is 23.1 Å². The van der Waals surface area contributed by atoms with Crippen molar-refractivity contribution in [1.29, 1.82) is 0 Å². The van der Waals surface area contributed by atoms with Gasteiger partial charge in [-0.25, -0.2) is 13.8 Å². The van der Waals surface area contributed by atoms with Crippen LogP contribution in [-0.4, -0.2) is 26.8 Å². The molecule has 1 saturated carbocycles. The van der Waals surface area contributed by atoms with Crippen molar-refractivity contribution < 1.29 is 18.0 Å². The highest BCUT2D eigenvalue weighted by atomic mass is 32.2. The minimum atomic E-state index is -0.942. The highest BCUT2D eigenvalue weighted by molar-refractivity contribution is 7.99. The molecule has 2 aromatic heterocycles. The molecule has 0 saturated heterocycles. The van der Waals surface area contributed by atoms with E-state index in [1.807, 2.05) is 0 Å². The van der Waals surface area contributed by atoms with Crippen LogP contribution < -0.4 is 5.32 Å². The van der Waals surface area contributed by atoms with Gasteiger partial charge in [0.05, 0.1) is 11.4 Å². The molecule has 0 radical (unpaired) electrons. The second kappa shape index (κ2) is 7.12. The van der Waals surface area contributed by atoms with E-state index in [4.69, 9.17) is 4.42 Å². The lowest BCUT2D eigenvalue weighted by Crippen LogP contribution is -2.13. The summed E-state index contributed by atoms with van der Waals surface area (Å²) in [5.41, 5.74) is 0.899. The van der Waals surface area contributed by atoms with Gasteiger partial charge in [-0.3, -0.25) is 4.79 Å². The predicted molar refractivity (Wildman–Crippen MR) is 93.1 cm³/mol. The van der Waals surface area contributed by atoms with Gasteiger partial charge in [-0.05, 0) is 31.0 Å². The maximum absolute atomic E-state index is 13.3. The molecule has 6 nitrogen and oxygen atoms in total. The fourth-order valence-corrected chi connectivity index (χ4v) is 3.48. The Balaban J connectivity index is 1.34. The molecule has 4 rings (SSSR count). The number of anilines is 1. The lowest BCUT2D eigenvalue weighted by Gasteiger charge is -2.00. The molecule has 1 amide bonds. The summed E-state index contributed by atoms with van der Waals surface area (Å²) in [6.45, 7) is 0. The predicted octanol–water partition coefficient (Wildman–Crippen LogP) is 4.08. The summed E-state index contributed by atoms with van der Waals surface area (Å²) in [4.78, 5) is 16.2. The number of carbonyl (C=O) groups is 1. The van der Waals surface area contributed by atoms with Gasteiger partial charge in [0, 0.05) is 16.9 Å². The Bertz CT molecular complexity index is 955. The van der Waals surface area contributed by atoms with E-state index in [0.717, 1.165) is 36.7 Å². The van der Waals surface area contributed by atoms with Gasteiger partial charge in [-0.1, -0.05) is 11.8 Å². The average Bonchev–Trinajstić information content (AvgIpc) is 3.18. The normalized spacial score (nSPS) is 13.8. The fourth-order valence-electron chi connectivity index (χ4n) is 2.18. The number of benzene rings is 1. The first kappa shape index (κ1) is 17.1. The molecular weight excluding hydrogens is 382 g/mol. The number of halogens is 2. The highest BCUT2D eigenvalue weighted by Crippen LogP contribution is 2.39. The Morgan fingerprint density at radius 3 is 2.92 bits per heavy atom. The van der Waals surface area contributed by atoms with Crippen LogP contribution in [0.2, 0.25) is 0 Å². The zero-order valence-corrected chi connectivity index (χ0v) is 14.9. The largest absolute Gasteiger partial charge is 0.416 e. The number of carbonyl (C=O) groups excluding carboxylic acids is 1. The average molecular weight is 394 g/mol. The van der Waals surface area contributed by atoms with E-state index < -0.39 is 11.6 Å². The SMILES string of the molecule is O=C(CSc1nnc(C2CC2)o1)Nc1nc(-c2ccc(F)c(F)c2)cs1. The maximum atomic E-state index is 13.3. The molecule has 10 heteroatoms. The zero-order valence-electron chi connectivity index (χ0n) is 13.2. The number of thioether (sulfide) groups is 1. The van der Waals surface area contributed by atoms with Crippen molar-refractivity contribution in [2.24, 2.45) is 0 Å². The summed E-state index contributed by atoms with van der Waals surface area (Å²) < 4.78 is 31.8. The van der Waals surface area contributed by atoms with E-state index in [9.17, 15) is 13.6 Å². The molecule has 2 heterocycles. The van der Waals surface area contributed by atoms with Gasteiger partial charge in [0.25, 0.3) is 5.22 Å². The number of amides is 1. The van der Waals surface area contributed by atoms with E-state index in [1.165, 1.54) is 17.4 Å². The first-order valence-corrected chi connectivity index (χ1v) is 9.62. The third-order valence-corrected chi connectivity index (χ3v) is 5.22. The second-order valence-corrected chi connectivity index (χ2v) is 7.47. The Morgan fingerprint density at radius 1 is 1.31 bits per heavy atom. The van der Waals surface area contributed by atoms with E-state index in [0.29, 0.717) is 33.4 Å². The lowest BCUT2D eigenvalue weighted by atomic mass is 10.2. The summed E-state index contributed by atoms with van der Waals surface area (Å²) in [5.74, 6) is -1.03. The van der Waals surface area contributed by atoms with Crippen molar-refractivity contribution in [3.63, 3.8) is 0 Å². The number of thiazole rings is 1. The number of rotatable bonds is 6. The summed E-state index contributed by atoms with van der Waals surface area (Å²) in [6.07, 6.45) is 2.13. The van der Waals surface area contributed by atoms with Gasteiger partial charge in [0.1, 0.15) is 0 Å². The van der Waals surface area contributed by atoms with Crippen molar-refractivity contribution in [3.8, 4) is 11.3 Å². The van der Waals surface area contributed by atoms with Crippen LogP contribution in [0.3, 0.4) is 0 Å². The number of hydrogen-bond donors (Lipinski definition) is 1. The molecule has 0 unspecified atom stereocenters. The Morgan fingerprint density at radius 2 is 2.15 bits per heavy atom. The molecule has 26 heavy (non-hydrogen) atoms. The van der Waals surface area contributed by atoms with Gasteiger partial charge in [-0.15, -0.1) is 21.5 Å². The molecule has 0 spiro atoms. The smallest absolute Gasteiger partial charge is 0.277 e. The third kappa shape index (κ3) is 3.91. The molecule has 3 aromatic rings. The van der Waals surface area contributed by atoms with Crippen LogP contribution in [0.15, 0.2) is 33.2 Å². The van der Waals surface area contributed by atoms with Gasteiger partial charge >= 0.3 is 0 Å². The van der Waals surface area contributed by atoms with Crippen molar-refractivity contribution in [1.82, 2.24) is 15.2 Å². The number of hydrogen-bond acceptors (Lipinski definition) is 7. The molecule has 134 valence electrons. The summed E-state index contributed by atoms with van der Waals surface area (Å²) in [5, 5.41) is 12.9. The van der Waals surface area contributed by atoms with Crippen molar-refractivity contribution in [2.75, 3.05) is 11.1 Å². The Labute approximate surface area is 155 Å². The molecule has 0 aliphatic heterocycles. The minimum Gasteiger partial charge on any atom is -0.416 e. The molecule has 1 N–H and O–H groups in total. The third-order valence-electron chi connectivity index (χ3n) is 3.64. The van der Waals surface area contributed by atoms with Crippen LogP contribution in [0.1, 0.15) is 24.7 Å². The molecule has 1 aliphatic rings. The monoisotopic (exact) mass is 394 g/mol. The van der Waals surface area contributed by atoms with E-state index >= 15 is 0 Å². The molecule has 1 fully saturated rings. The first-order valence-electron chi connectivity index (χ1n) is 7.75. The number of nitrogens with one attached hydrogen (secondary N) is 1. The first-order chi connectivity index (χ1) is 12.6. The van der Waals surface area contributed by atoms with E-state index in [2.05, 4.69) is 20.5 Å². The fraction of sp³-hybridized carbons (Fsp3) is 0.250. The minimum absolute atomic E-state index is 0.104. The Kier molecular flexibility index (Phi) is 4.68. The number of aromatic nitrogens is 3. The molecule has 1 aliphatic carbocycles. The molecule has 0 atom stereocenters. The van der Waals surface area contributed by atoms with Crippen LogP contribution in [0.25, 0.3) is 11.3 Å². The second-order valence-electron chi connectivity index (χ2n) is 5.68. The van der Waals surface area contributed by atoms with Crippen LogP contribution in [0.5, 0.6) is 0 Å².